The van der Waals surface area contributed by atoms with E-state index in [0.717, 1.165) is 15.4 Å². The number of esters is 1. The Morgan fingerprint density at radius 3 is 2.53 bits per heavy atom. The molecule has 0 saturated carbocycles. The summed E-state index contributed by atoms with van der Waals surface area (Å²) < 4.78 is 5.11. The van der Waals surface area contributed by atoms with Crippen molar-refractivity contribution in [2.24, 2.45) is 0 Å². The third-order valence-corrected chi connectivity index (χ3v) is 4.02. The number of thiophene rings is 1. The van der Waals surface area contributed by atoms with Crippen molar-refractivity contribution in [1.29, 1.82) is 0 Å². The molecule has 3 nitrogen and oxygen atoms in total. The van der Waals surface area contributed by atoms with Crippen LogP contribution in [0.4, 0.5) is 5.00 Å². The lowest BCUT2D eigenvalue weighted by Crippen LogP contribution is -2.12. The highest BCUT2D eigenvalue weighted by Gasteiger charge is 2.19. The van der Waals surface area contributed by atoms with Gasteiger partial charge in [-0.05, 0) is 18.6 Å². The van der Waals surface area contributed by atoms with Gasteiger partial charge in [0.15, 0.2) is 0 Å². The number of rotatable bonds is 4. The fourth-order valence-corrected chi connectivity index (χ4v) is 2.89. The molecule has 0 aliphatic rings. The van der Waals surface area contributed by atoms with Crippen molar-refractivity contribution in [3.05, 3.63) is 42.0 Å². The molecule has 0 aliphatic carbocycles. The number of hydrogen-bond acceptors (Lipinski definition) is 4. The van der Waals surface area contributed by atoms with E-state index in [9.17, 15) is 4.79 Å². The maximum atomic E-state index is 12.0. The lowest BCUT2D eigenvalue weighted by Gasteiger charge is -2.11. The molecule has 4 heteroatoms. The van der Waals surface area contributed by atoms with Crippen LogP contribution < -0.4 is 4.90 Å². The summed E-state index contributed by atoms with van der Waals surface area (Å²) in [6, 6.07) is 12.0. The smallest absolute Gasteiger partial charge is 0.341 e. The Kier molecular flexibility index (Phi) is 4.22. The Morgan fingerprint density at radius 2 is 1.95 bits per heavy atom. The Balaban J connectivity index is 2.44. The van der Waals surface area contributed by atoms with Gasteiger partial charge in [0, 0.05) is 19.0 Å². The number of ether oxygens (including phenoxy) is 1. The van der Waals surface area contributed by atoms with Crippen molar-refractivity contribution >= 4 is 22.3 Å². The summed E-state index contributed by atoms with van der Waals surface area (Å²) in [5, 5.41) is 0.928. The Bertz CT molecular complexity index is 561. The van der Waals surface area contributed by atoms with Gasteiger partial charge in [-0.1, -0.05) is 30.3 Å². The van der Waals surface area contributed by atoms with Gasteiger partial charge in [-0.3, -0.25) is 0 Å². The summed E-state index contributed by atoms with van der Waals surface area (Å²) in [6.07, 6.45) is 0. The lowest BCUT2D eigenvalue weighted by molar-refractivity contribution is 0.0528. The molecule has 0 saturated heterocycles. The van der Waals surface area contributed by atoms with Crippen LogP contribution in [0.25, 0.3) is 10.4 Å². The summed E-state index contributed by atoms with van der Waals surface area (Å²) in [6.45, 7) is 2.21. The van der Waals surface area contributed by atoms with Gasteiger partial charge < -0.3 is 9.64 Å². The third-order valence-electron chi connectivity index (χ3n) is 2.67. The van der Waals surface area contributed by atoms with Gasteiger partial charge in [-0.15, -0.1) is 11.3 Å². The van der Waals surface area contributed by atoms with Crippen LogP contribution in [-0.4, -0.2) is 26.7 Å². The van der Waals surface area contributed by atoms with Crippen molar-refractivity contribution in [1.82, 2.24) is 0 Å². The fraction of sp³-hybridized carbons (Fsp3) is 0.267. The van der Waals surface area contributed by atoms with Crippen LogP contribution >= 0.6 is 11.3 Å². The minimum Gasteiger partial charge on any atom is -0.462 e. The summed E-state index contributed by atoms with van der Waals surface area (Å²) in [7, 11) is 3.87. The summed E-state index contributed by atoms with van der Waals surface area (Å²) in [5.74, 6) is -0.260. The van der Waals surface area contributed by atoms with E-state index in [1.165, 1.54) is 0 Å². The average molecular weight is 275 g/mol. The van der Waals surface area contributed by atoms with Crippen molar-refractivity contribution in [3.8, 4) is 10.4 Å². The molecular formula is C15H17NO2S. The molecule has 2 rings (SSSR count). The first-order valence-corrected chi connectivity index (χ1v) is 6.98. The first kappa shape index (κ1) is 13.6. The first-order chi connectivity index (χ1) is 9.13. The molecular weight excluding hydrogens is 258 g/mol. The molecule has 1 aromatic heterocycles. The number of anilines is 1. The van der Waals surface area contributed by atoms with Crippen molar-refractivity contribution in [3.63, 3.8) is 0 Å². The molecule has 19 heavy (non-hydrogen) atoms. The molecule has 0 spiro atoms. The zero-order chi connectivity index (χ0) is 13.8. The second-order valence-corrected chi connectivity index (χ2v) is 5.34. The highest BCUT2D eigenvalue weighted by Crippen LogP contribution is 2.37. The van der Waals surface area contributed by atoms with Gasteiger partial charge in [0.2, 0.25) is 0 Å². The molecule has 100 valence electrons. The topological polar surface area (TPSA) is 29.5 Å². The third kappa shape index (κ3) is 2.96. The van der Waals surface area contributed by atoms with E-state index in [1.807, 2.05) is 62.3 Å². The van der Waals surface area contributed by atoms with E-state index in [0.29, 0.717) is 12.2 Å². The normalized spacial score (nSPS) is 10.3. The maximum absolute atomic E-state index is 12.0. The van der Waals surface area contributed by atoms with Crippen LogP contribution in [0.5, 0.6) is 0 Å². The van der Waals surface area contributed by atoms with Crippen LogP contribution in [0, 0.1) is 0 Å². The standard InChI is InChI=1S/C15H17NO2S/c1-4-18-15(17)12-10-13(19-14(12)16(2)3)11-8-6-5-7-9-11/h5-10H,4H2,1-3H3. The van der Waals surface area contributed by atoms with Crippen LogP contribution in [0.2, 0.25) is 0 Å². The predicted molar refractivity (Wildman–Crippen MR) is 80.0 cm³/mol. The lowest BCUT2D eigenvalue weighted by atomic mass is 10.1. The molecule has 0 fully saturated rings. The molecule has 0 amide bonds. The molecule has 1 heterocycles. The quantitative estimate of drug-likeness (QED) is 0.798. The number of benzene rings is 1. The molecule has 0 aliphatic heterocycles. The Labute approximate surface area is 117 Å². The second kappa shape index (κ2) is 5.89. The van der Waals surface area contributed by atoms with Gasteiger partial charge in [0.1, 0.15) is 5.00 Å². The minimum atomic E-state index is -0.260. The summed E-state index contributed by atoms with van der Waals surface area (Å²) in [5.41, 5.74) is 1.75. The number of hydrogen-bond donors (Lipinski definition) is 0. The minimum absolute atomic E-state index is 0.260. The zero-order valence-corrected chi connectivity index (χ0v) is 12.2. The SMILES string of the molecule is CCOC(=O)c1cc(-c2ccccc2)sc1N(C)C. The largest absolute Gasteiger partial charge is 0.462 e. The molecule has 2 aromatic rings. The molecule has 0 bridgehead atoms. The second-order valence-electron chi connectivity index (χ2n) is 4.31. The van der Waals surface area contributed by atoms with E-state index in [4.69, 9.17) is 4.74 Å². The van der Waals surface area contributed by atoms with E-state index < -0.39 is 0 Å². The van der Waals surface area contributed by atoms with E-state index in [-0.39, 0.29) is 5.97 Å². The maximum Gasteiger partial charge on any atom is 0.341 e. The predicted octanol–water partition coefficient (Wildman–Crippen LogP) is 3.66. The van der Waals surface area contributed by atoms with Gasteiger partial charge in [0.05, 0.1) is 12.2 Å². The van der Waals surface area contributed by atoms with Gasteiger partial charge in [-0.25, -0.2) is 4.79 Å². The van der Waals surface area contributed by atoms with E-state index >= 15 is 0 Å². The molecule has 1 aromatic carbocycles. The highest BCUT2D eigenvalue weighted by molar-refractivity contribution is 7.19. The van der Waals surface area contributed by atoms with Gasteiger partial charge in [0.25, 0.3) is 0 Å². The van der Waals surface area contributed by atoms with Crippen LogP contribution in [0.3, 0.4) is 0 Å². The molecule has 0 N–H and O–H groups in total. The number of carbonyl (C=O) groups excluding carboxylic acids is 1. The van der Waals surface area contributed by atoms with Crippen LogP contribution in [0.1, 0.15) is 17.3 Å². The van der Waals surface area contributed by atoms with Crippen molar-refractivity contribution < 1.29 is 9.53 Å². The van der Waals surface area contributed by atoms with Gasteiger partial charge >= 0.3 is 5.97 Å². The van der Waals surface area contributed by atoms with Crippen molar-refractivity contribution in [2.45, 2.75) is 6.92 Å². The van der Waals surface area contributed by atoms with Gasteiger partial charge in [-0.2, -0.15) is 0 Å². The number of carbonyl (C=O) groups is 1. The fourth-order valence-electron chi connectivity index (χ4n) is 1.81. The van der Waals surface area contributed by atoms with E-state index in [1.54, 1.807) is 11.3 Å². The van der Waals surface area contributed by atoms with Crippen molar-refractivity contribution in [2.75, 3.05) is 25.6 Å². The molecule has 0 atom stereocenters. The monoisotopic (exact) mass is 275 g/mol. The Hall–Kier alpha value is -1.81. The summed E-state index contributed by atoms with van der Waals surface area (Å²) in [4.78, 5) is 15.0. The summed E-state index contributed by atoms with van der Waals surface area (Å²) >= 11 is 1.60. The molecule has 0 unspecified atom stereocenters. The Morgan fingerprint density at radius 1 is 1.26 bits per heavy atom. The van der Waals surface area contributed by atoms with Crippen LogP contribution in [0.15, 0.2) is 36.4 Å². The number of nitrogens with zero attached hydrogens (tertiary/aromatic N) is 1. The highest BCUT2D eigenvalue weighted by atomic mass is 32.1. The van der Waals surface area contributed by atoms with E-state index in [2.05, 4.69) is 0 Å². The van der Waals surface area contributed by atoms with Crippen LogP contribution in [-0.2, 0) is 4.74 Å². The average Bonchev–Trinajstić information content (AvgIpc) is 2.85. The molecule has 0 radical (unpaired) electrons. The zero-order valence-electron chi connectivity index (χ0n) is 11.3. The first-order valence-electron chi connectivity index (χ1n) is 6.17.